The van der Waals surface area contributed by atoms with E-state index in [2.05, 4.69) is 36.7 Å². The highest BCUT2D eigenvalue weighted by Crippen LogP contribution is 2.26. The third kappa shape index (κ3) is 2.70. The van der Waals surface area contributed by atoms with Crippen LogP contribution in [0.2, 0.25) is 0 Å². The van der Waals surface area contributed by atoms with E-state index in [-0.39, 0.29) is 5.97 Å². The van der Waals surface area contributed by atoms with Crippen LogP contribution in [0.3, 0.4) is 0 Å². The number of esters is 1. The number of rotatable bonds is 5. The fourth-order valence-corrected chi connectivity index (χ4v) is 2.47. The zero-order valence-corrected chi connectivity index (χ0v) is 12.3. The number of methoxy groups -OCH3 is 1. The molecule has 1 heterocycles. The Kier molecular flexibility index (Phi) is 4.45. The Labute approximate surface area is 119 Å². The van der Waals surface area contributed by atoms with Crippen molar-refractivity contribution in [3.63, 3.8) is 0 Å². The van der Waals surface area contributed by atoms with Crippen molar-refractivity contribution in [2.24, 2.45) is 5.73 Å². The van der Waals surface area contributed by atoms with Gasteiger partial charge in [0, 0.05) is 29.6 Å². The highest BCUT2D eigenvalue weighted by molar-refractivity contribution is 5.85. The fourth-order valence-electron chi connectivity index (χ4n) is 2.47. The summed E-state index contributed by atoms with van der Waals surface area (Å²) >= 11 is 0. The quantitative estimate of drug-likeness (QED) is 0.853. The first-order chi connectivity index (χ1) is 9.58. The van der Waals surface area contributed by atoms with Crippen LogP contribution < -0.4 is 5.73 Å². The van der Waals surface area contributed by atoms with Crippen LogP contribution in [0.4, 0.5) is 0 Å². The third-order valence-corrected chi connectivity index (χ3v) is 3.83. The number of benzene rings is 1. The lowest BCUT2D eigenvalue weighted by atomic mass is 10.1. The summed E-state index contributed by atoms with van der Waals surface area (Å²) in [5, 5.41) is 1.16. The molecule has 2 atom stereocenters. The maximum absolute atomic E-state index is 11.5. The molecule has 0 radical (unpaired) electrons. The number of para-hydroxylation sites is 1. The van der Waals surface area contributed by atoms with Gasteiger partial charge in [0.1, 0.15) is 6.04 Å². The highest BCUT2D eigenvalue weighted by Gasteiger charge is 2.18. The molecule has 2 N–H and O–H groups in total. The first kappa shape index (κ1) is 14.6. The predicted molar refractivity (Wildman–Crippen MR) is 80.6 cm³/mol. The molecule has 2 aromatic rings. The summed E-state index contributed by atoms with van der Waals surface area (Å²) < 4.78 is 6.96. The van der Waals surface area contributed by atoms with Gasteiger partial charge in [0.05, 0.1) is 7.11 Å². The number of hydrogen-bond donors (Lipinski definition) is 1. The highest BCUT2D eigenvalue weighted by atomic mass is 16.5. The average molecular weight is 274 g/mol. The molecule has 0 saturated heterocycles. The van der Waals surface area contributed by atoms with Crippen molar-refractivity contribution in [1.29, 1.82) is 0 Å². The molecule has 0 amide bonds. The first-order valence-corrected chi connectivity index (χ1v) is 7.00. The normalized spacial score (nSPS) is 14.2. The third-order valence-electron chi connectivity index (χ3n) is 3.83. The number of nitrogens with two attached hydrogens (primary N) is 1. The van der Waals surface area contributed by atoms with Crippen molar-refractivity contribution in [3.05, 3.63) is 36.0 Å². The van der Waals surface area contributed by atoms with Gasteiger partial charge in [-0.25, -0.2) is 0 Å². The minimum atomic E-state index is -0.615. The molecule has 1 aromatic heterocycles. The number of hydrogen-bond acceptors (Lipinski definition) is 3. The molecule has 0 spiro atoms. The van der Waals surface area contributed by atoms with Crippen molar-refractivity contribution in [2.45, 2.75) is 38.8 Å². The van der Waals surface area contributed by atoms with Crippen LogP contribution >= 0.6 is 0 Å². The Morgan fingerprint density at radius 2 is 2.10 bits per heavy atom. The molecule has 2 rings (SSSR count). The zero-order valence-electron chi connectivity index (χ0n) is 12.3. The average Bonchev–Trinajstić information content (AvgIpc) is 2.84. The van der Waals surface area contributed by atoms with E-state index < -0.39 is 6.04 Å². The van der Waals surface area contributed by atoms with E-state index in [0.717, 1.165) is 17.4 Å². The molecule has 4 heteroatoms. The number of carbonyl (C=O) groups is 1. The standard InChI is InChI=1S/C16H22N2O2/c1-4-11(2)18-10-12(9-14(17)16(19)20-3)13-7-5-6-8-15(13)18/h5-8,10-11,14H,4,9,17H2,1-3H3. The van der Waals surface area contributed by atoms with Crippen LogP contribution in [0, 0.1) is 0 Å². The lowest BCUT2D eigenvalue weighted by Gasteiger charge is -2.12. The largest absolute Gasteiger partial charge is 0.468 e. The van der Waals surface area contributed by atoms with Gasteiger partial charge in [-0.2, -0.15) is 0 Å². The summed E-state index contributed by atoms with van der Waals surface area (Å²) in [6, 6.07) is 8.03. The molecule has 2 unspecified atom stereocenters. The molecule has 4 nitrogen and oxygen atoms in total. The topological polar surface area (TPSA) is 57.2 Å². The summed E-state index contributed by atoms with van der Waals surface area (Å²) in [6.45, 7) is 4.36. The molecule has 0 aliphatic rings. The molecule has 0 aliphatic heterocycles. The summed E-state index contributed by atoms with van der Waals surface area (Å²) in [5.41, 5.74) is 8.17. The smallest absolute Gasteiger partial charge is 0.322 e. The Hall–Kier alpha value is -1.81. The summed E-state index contributed by atoms with van der Waals surface area (Å²) in [5.74, 6) is -0.370. The van der Waals surface area contributed by atoms with E-state index in [1.807, 2.05) is 12.1 Å². The molecule has 0 fully saturated rings. The second kappa shape index (κ2) is 6.09. The molecular formula is C16H22N2O2. The van der Waals surface area contributed by atoms with Crippen LogP contribution in [0.25, 0.3) is 10.9 Å². The van der Waals surface area contributed by atoms with E-state index in [1.165, 1.54) is 12.6 Å². The Bertz CT molecular complexity index is 604. The van der Waals surface area contributed by atoms with E-state index in [1.54, 1.807) is 0 Å². The van der Waals surface area contributed by atoms with Gasteiger partial charge in [0.2, 0.25) is 0 Å². The zero-order chi connectivity index (χ0) is 14.7. The SMILES string of the molecule is CCC(C)n1cc(CC(N)C(=O)OC)c2ccccc21. The van der Waals surface area contributed by atoms with Gasteiger partial charge in [-0.3, -0.25) is 4.79 Å². The second-order valence-electron chi connectivity index (χ2n) is 5.17. The Morgan fingerprint density at radius 1 is 1.40 bits per heavy atom. The number of ether oxygens (including phenoxy) is 1. The lowest BCUT2D eigenvalue weighted by molar-refractivity contribution is -0.142. The van der Waals surface area contributed by atoms with Crippen molar-refractivity contribution in [3.8, 4) is 0 Å². The minimum absolute atomic E-state index is 0.370. The maximum atomic E-state index is 11.5. The second-order valence-corrected chi connectivity index (χ2v) is 5.17. The molecule has 0 saturated carbocycles. The van der Waals surface area contributed by atoms with Crippen molar-refractivity contribution in [2.75, 3.05) is 7.11 Å². The van der Waals surface area contributed by atoms with Crippen molar-refractivity contribution in [1.82, 2.24) is 4.57 Å². The monoisotopic (exact) mass is 274 g/mol. The number of carbonyl (C=O) groups excluding carboxylic acids is 1. The Morgan fingerprint density at radius 3 is 2.75 bits per heavy atom. The van der Waals surface area contributed by atoms with Crippen LogP contribution in [0.15, 0.2) is 30.5 Å². The molecular weight excluding hydrogens is 252 g/mol. The van der Waals surface area contributed by atoms with Gasteiger partial charge in [-0.05, 0) is 25.0 Å². The molecule has 1 aromatic carbocycles. The number of fused-ring (bicyclic) bond motifs is 1. The van der Waals surface area contributed by atoms with Gasteiger partial charge in [0.25, 0.3) is 0 Å². The van der Waals surface area contributed by atoms with Crippen LogP contribution in [-0.2, 0) is 16.0 Å². The minimum Gasteiger partial charge on any atom is -0.468 e. The lowest BCUT2D eigenvalue weighted by Crippen LogP contribution is -2.33. The fraction of sp³-hybridized carbons (Fsp3) is 0.438. The predicted octanol–water partition coefficient (Wildman–Crippen LogP) is 2.66. The van der Waals surface area contributed by atoms with Crippen LogP contribution in [-0.4, -0.2) is 23.7 Å². The van der Waals surface area contributed by atoms with Gasteiger partial charge >= 0.3 is 5.97 Å². The van der Waals surface area contributed by atoms with E-state index >= 15 is 0 Å². The van der Waals surface area contributed by atoms with Crippen LogP contribution in [0.5, 0.6) is 0 Å². The van der Waals surface area contributed by atoms with Crippen molar-refractivity contribution < 1.29 is 9.53 Å². The van der Waals surface area contributed by atoms with Gasteiger partial charge < -0.3 is 15.0 Å². The van der Waals surface area contributed by atoms with E-state index in [0.29, 0.717) is 12.5 Å². The summed E-state index contributed by atoms with van der Waals surface area (Å²) in [6.07, 6.45) is 3.67. The van der Waals surface area contributed by atoms with E-state index in [4.69, 9.17) is 10.5 Å². The summed E-state index contributed by atoms with van der Waals surface area (Å²) in [7, 11) is 1.37. The van der Waals surface area contributed by atoms with Gasteiger partial charge in [-0.1, -0.05) is 25.1 Å². The molecule has 108 valence electrons. The molecule has 0 bridgehead atoms. The van der Waals surface area contributed by atoms with Crippen LogP contribution in [0.1, 0.15) is 31.9 Å². The Balaban J connectivity index is 2.41. The first-order valence-electron chi connectivity index (χ1n) is 7.00. The number of aromatic nitrogens is 1. The molecule has 20 heavy (non-hydrogen) atoms. The van der Waals surface area contributed by atoms with Crippen molar-refractivity contribution >= 4 is 16.9 Å². The van der Waals surface area contributed by atoms with Gasteiger partial charge in [0.15, 0.2) is 0 Å². The molecule has 0 aliphatic carbocycles. The number of nitrogens with zero attached hydrogens (tertiary/aromatic N) is 1. The maximum Gasteiger partial charge on any atom is 0.322 e. The van der Waals surface area contributed by atoms with Gasteiger partial charge in [-0.15, -0.1) is 0 Å². The summed E-state index contributed by atoms with van der Waals surface area (Å²) in [4.78, 5) is 11.5. The van der Waals surface area contributed by atoms with E-state index in [9.17, 15) is 4.79 Å².